The fourth-order valence-electron chi connectivity index (χ4n) is 3.58. The van der Waals surface area contributed by atoms with E-state index in [2.05, 4.69) is 20.1 Å². The first-order valence-corrected chi connectivity index (χ1v) is 9.68. The van der Waals surface area contributed by atoms with Crippen LogP contribution in [0, 0.1) is 0 Å². The molecular weight excluding hydrogens is 380 g/mol. The third-order valence-electron chi connectivity index (χ3n) is 5.04. The lowest BCUT2D eigenvalue weighted by atomic mass is 10.1. The highest BCUT2D eigenvalue weighted by atomic mass is 16.2. The standard InChI is InChI=1S/C22H18N6O2/c29-21-16-9-6-13-27(20(16)24-19(25-21)17-10-4-5-12-23-17)22(30)18-11-14-28(26-18)15-7-2-1-3-8-15/h1-5,7-8,10-12,14H,6,9,13H2,(H,24,25,29). The zero-order valence-electron chi connectivity index (χ0n) is 16.0. The van der Waals surface area contributed by atoms with Crippen molar-refractivity contribution < 1.29 is 4.79 Å². The number of anilines is 1. The van der Waals surface area contributed by atoms with Gasteiger partial charge in [-0.2, -0.15) is 5.10 Å². The van der Waals surface area contributed by atoms with Gasteiger partial charge in [-0.3, -0.25) is 19.5 Å². The molecule has 1 aliphatic rings. The lowest BCUT2D eigenvalue weighted by Gasteiger charge is -2.27. The Kier molecular flexibility index (Phi) is 4.44. The molecule has 148 valence electrons. The number of amides is 1. The summed E-state index contributed by atoms with van der Waals surface area (Å²) in [5, 5.41) is 4.43. The molecule has 1 amide bonds. The molecule has 1 aromatic carbocycles. The fourth-order valence-corrected chi connectivity index (χ4v) is 3.58. The number of hydrogen-bond donors (Lipinski definition) is 1. The Bertz CT molecular complexity index is 1260. The van der Waals surface area contributed by atoms with E-state index in [0.29, 0.717) is 48.0 Å². The Labute approximate surface area is 171 Å². The lowest BCUT2D eigenvalue weighted by Crippen LogP contribution is -2.39. The first kappa shape index (κ1) is 18.0. The van der Waals surface area contributed by atoms with Gasteiger partial charge in [-0.05, 0) is 43.2 Å². The number of fused-ring (bicyclic) bond motifs is 1. The molecule has 5 rings (SSSR count). The summed E-state index contributed by atoms with van der Waals surface area (Å²) in [7, 11) is 0. The number of carbonyl (C=O) groups is 1. The molecule has 1 aliphatic heterocycles. The molecule has 0 aliphatic carbocycles. The Morgan fingerprint density at radius 1 is 1.03 bits per heavy atom. The Morgan fingerprint density at radius 3 is 2.67 bits per heavy atom. The molecule has 4 heterocycles. The second-order valence-corrected chi connectivity index (χ2v) is 6.97. The zero-order valence-corrected chi connectivity index (χ0v) is 16.0. The molecule has 30 heavy (non-hydrogen) atoms. The molecule has 0 bridgehead atoms. The smallest absolute Gasteiger partial charge is 0.279 e. The van der Waals surface area contributed by atoms with Gasteiger partial charge in [0.25, 0.3) is 11.5 Å². The van der Waals surface area contributed by atoms with Gasteiger partial charge in [0, 0.05) is 18.9 Å². The third kappa shape index (κ3) is 3.18. The molecule has 0 atom stereocenters. The molecule has 8 heteroatoms. The highest BCUT2D eigenvalue weighted by molar-refractivity contribution is 6.04. The van der Waals surface area contributed by atoms with Crippen molar-refractivity contribution in [3.05, 3.63) is 88.6 Å². The number of carbonyl (C=O) groups excluding carboxylic acids is 1. The van der Waals surface area contributed by atoms with Crippen LogP contribution >= 0.6 is 0 Å². The van der Waals surface area contributed by atoms with Crippen LogP contribution in [0.15, 0.2) is 71.8 Å². The maximum Gasteiger partial charge on any atom is 0.279 e. The van der Waals surface area contributed by atoms with E-state index in [1.165, 1.54) is 4.90 Å². The van der Waals surface area contributed by atoms with Crippen LogP contribution < -0.4 is 10.5 Å². The zero-order chi connectivity index (χ0) is 20.5. The van der Waals surface area contributed by atoms with Crippen molar-refractivity contribution in [3.8, 4) is 17.2 Å². The maximum atomic E-state index is 13.2. The summed E-state index contributed by atoms with van der Waals surface area (Å²) in [4.78, 5) is 39.1. The molecule has 1 N–H and O–H groups in total. The van der Waals surface area contributed by atoms with Crippen molar-refractivity contribution in [3.63, 3.8) is 0 Å². The molecule has 0 saturated carbocycles. The summed E-state index contributed by atoms with van der Waals surface area (Å²) >= 11 is 0. The number of para-hydroxylation sites is 1. The normalized spacial score (nSPS) is 13.1. The largest absolute Gasteiger partial charge is 0.305 e. The van der Waals surface area contributed by atoms with E-state index in [0.717, 1.165) is 5.69 Å². The predicted molar refractivity (Wildman–Crippen MR) is 112 cm³/mol. The van der Waals surface area contributed by atoms with Crippen molar-refractivity contribution >= 4 is 11.7 Å². The number of nitrogens with zero attached hydrogens (tertiary/aromatic N) is 5. The number of rotatable bonds is 3. The Morgan fingerprint density at radius 2 is 1.87 bits per heavy atom. The summed E-state index contributed by atoms with van der Waals surface area (Å²) in [6.45, 7) is 0.474. The first-order chi connectivity index (χ1) is 14.7. The maximum absolute atomic E-state index is 13.2. The van der Waals surface area contributed by atoms with Gasteiger partial charge in [0.2, 0.25) is 0 Å². The monoisotopic (exact) mass is 398 g/mol. The minimum absolute atomic E-state index is 0.243. The van der Waals surface area contributed by atoms with Gasteiger partial charge in [0.05, 0.1) is 11.3 Å². The van der Waals surface area contributed by atoms with E-state index < -0.39 is 0 Å². The number of H-pyrrole nitrogens is 1. The van der Waals surface area contributed by atoms with Crippen LogP contribution in [-0.2, 0) is 6.42 Å². The minimum atomic E-state index is -0.282. The fraction of sp³-hybridized carbons (Fsp3) is 0.136. The van der Waals surface area contributed by atoms with E-state index in [4.69, 9.17) is 0 Å². The molecule has 0 unspecified atom stereocenters. The van der Waals surface area contributed by atoms with Gasteiger partial charge in [0.1, 0.15) is 11.5 Å². The number of aromatic nitrogens is 5. The van der Waals surface area contributed by atoms with Crippen molar-refractivity contribution in [2.24, 2.45) is 0 Å². The molecule has 0 spiro atoms. The second-order valence-electron chi connectivity index (χ2n) is 6.97. The van der Waals surface area contributed by atoms with E-state index in [1.54, 1.807) is 35.3 Å². The number of benzene rings is 1. The summed E-state index contributed by atoms with van der Waals surface area (Å²) in [6, 6.07) is 16.6. The highest BCUT2D eigenvalue weighted by Gasteiger charge is 2.29. The van der Waals surface area contributed by atoms with Crippen LogP contribution in [0.1, 0.15) is 22.5 Å². The number of hydrogen-bond acceptors (Lipinski definition) is 5. The van der Waals surface area contributed by atoms with Crippen molar-refractivity contribution in [1.82, 2.24) is 24.7 Å². The average molecular weight is 398 g/mol. The van der Waals surface area contributed by atoms with Crippen molar-refractivity contribution in [1.29, 1.82) is 0 Å². The van der Waals surface area contributed by atoms with E-state index in [1.807, 2.05) is 36.4 Å². The van der Waals surface area contributed by atoms with E-state index in [9.17, 15) is 9.59 Å². The lowest BCUT2D eigenvalue weighted by molar-refractivity contribution is 0.0979. The highest BCUT2D eigenvalue weighted by Crippen LogP contribution is 2.25. The molecule has 4 aromatic rings. The average Bonchev–Trinajstić information content (AvgIpc) is 3.30. The van der Waals surface area contributed by atoms with Crippen LogP contribution in [0.25, 0.3) is 17.2 Å². The van der Waals surface area contributed by atoms with Gasteiger partial charge in [-0.25, -0.2) is 9.67 Å². The van der Waals surface area contributed by atoms with Crippen LogP contribution in [0.3, 0.4) is 0 Å². The summed E-state index contributed by atoms with van der Waals surface area (Å²) < 4.78 is 1.66. The number of aromatic amines is 1. The summed E-state index contributed by atoms with van der Waals surface area (Å²) in [5.41, 5.74) is 1.98. The molecule has 3 aromatic heterocycles. The van der Waals surface area contributed by atoms with Crippen LogP contribution in [0.4, 0.5) is 5.82 Å². The SMILES string of the molecule is O=C(c1ccn(-c2ccccc2)n1)N1CCCc2c1nc(-c1ccccn1)[nH]c2=O. The molecular formula is C22H18N6O2. The van der Waals surface area contributed by atoms with E-state index in [-0.39, 0.29) is 11.5 Å². The Balaban J connectivity index is 1.53. The summed E-state index contributed by atoms with van der Waals surface area (Å²) in [6.07, 6.45) is 4.64. The van der Waals surface area contributed by atoms with Crippen molar-refractivity contribution in [2.75, 3.05) is 11.4 Å². The van der Waals surface area contributed by atoms with Gasteiger partial charge >= 0.3 is 0 Å². The number of pyridine rings is 1. The van der Waals surface area contributed by atoms with Gasteiger partial charge in [-0.1, -0.05) is 24.3 Å². The van der Waals surface area contributed by atoms with Crippen molar-refractivity contribution in [2.45, 2.75) is 12.8 Å². The minimum Gasteiger partial charge on any atom is -0.305 e. The van der Waals surface area contributed by atoms with Crippen LogP contribution in [0.2, 0.25) is 0 Å². The van der Waals surface area contributed by atoms with Crippen LogP contribution in [-0.4, -0.2) is 37.2 Å². The summed E-state index contributed by atoms with van der Waals surface area (Å²) in [5.74, 6) is 0.439. The van der Waals surface area contributed by atoms with Gasteiger partial charge < -0.3 is 4.98 Å². The van der Waals surface area contributed by atoms with Gasteiger partial charge in [0.15, 0.2) is 11.5 Å². The third-order valence-corrected chi connectivity index (χ3v) is 5.04. The first-order valence-electron chi connectivity index (χ1n) is 9.68. The van der Waals surface area contributed by atoms with Gasteiger partial charge in [-0.15, -0.1) is 0 Å². The van der Waals surface area contributed by atoms with E-state index >= 15 is 0 Å². The topological polar surface area (TPSA) is 96.8 Å². The molecule has 8 nitrogen and oxygen atoms in total. The molecule has 0 radical (unpaired) electrons. The molecule has 0 fully saturated rings. The number of nitrogens with one attached hydrogen (secondary N) is 1. The quantitative estimate of drug-likeness (QED) is 0.572. The van der Waals surface area contributed by atoms with Crippen LogP contribution in [0.5, 0.6) is 0 Å². The predicted octanol–water partition coefficient (Wildman–Crippen LogP) is 2.61. The Hall–Kier alpha value is -4.07. The second kappa shape index (κ2) is 7.40. The molecule has 0 saturated heterocycles.